The van der Waals surface area contributed by atoms with E-state index < -0.39 is 5.97 Å². The van der Waals surface area contributed by atoms with Crippen molar-refractivity contribution in [2.45, 2.75) is 25.2 Å². The molecule has 1 aliphatic carbocycles. The Hall–Kier alpha value is -3.64. The van der Waals surface area contributed by atoms with Crippen molar-refractivity contribution >= 4 is 33.5 Å². The first-order chi connectivity index (χ1) is 15.9. The quantitative estimate of drug-likeness (QED) is 0.303. The average Bonchev–Trinajstić information content (AvgIpc) is 3.50. The lowest BCUT2D eigenvalue weighted by molar-refractivity contribution is -0.131. The van der Waals surface area contributed by atoms with E-state index >= 15 is 0 Å². The first kappa shape index (κ1) is 21.2. The van der Waals surface area contributed by atoms with Crippen molar-refractivity contribution in [1.29, 1.82) is 0 Å². The van der Waals surface area contributed by atoms with Crippen LogP contribution in [0.1, 0.15) is 34.4 Å². The number of thiophene rings is 1. The number of rotatable bonds is 6. The molecule has 5 rings (SSSR count). The number of hydrogen-bond acceptors (Lipinski definition) is 4. The lowest BCUT2D eigenvalue weighted by atomic mass is 9.89. The summed E-state index contributed by atoms with van der Waals surface area (Å²) >= 11 is 1.59. The lowest BCUT2D eigenvalue weighted by Crippen LogP contribution is -2.10. The van der Waals surface area contributed by atoms with Crippen LogP contribution in [0.25, 0.3) is 16.2 Å². The minimum atomic E-state index is -1.00. The first-order valence-electron chi connectivity index (χ1n) is 10.6. The van der Waals surface area contributed by atoms with Gasteiger partial charge in [-0.1, -0.05) is 18.2 Å². The third kappa shape index (κ3) is 3.98. The first-order valence-corrected chi connectivity index (χ1v) is 11.4. The molecule has 0 radical (unpaired) electrons. The van der Waals surface area contributed by atoms with Gasteiger partial charge in [-0.3, -0.25) is 0 Å². The van der Waals surface area contributed by atoms with Crippen LogP contribution < -0.4 is 4.74 Å². The standard InChI is InChI=1S/C27H21FO4S/c1-16-14-18(28)5-10-22(16)27(12-13-27)26-25(21-9-6-19(29)15-23(21)33-26)32-20-7-2-17(3-8-20)4-11-24(30)31/h2-11,14-15,29H,12-13H2,1H3,(H,30,31)/b11-4+. The fourth-order valence-electron chi connectivity index (χ4n) is 4.32. The van der Waals surface area contributed by atoms with Crippen molar-refractivity contribution in [3.63, 3.8) is 0 Å². The summed E-state index contributed by atoms with van der Waals surface area (Å²) in [6.45, 7) is 1.93. The molecule has 0 spiro atoms. The van der Waals surface area contributed by atoms with Crippen molar-refractivity contribution in [3.8, 4) is 17.2 Å². The third-order valence-corrected chi connectivity index (χ3v) is 7.37. The Kier molecular flexibility index (Phi) is 5.17. The van der Waals surface area contributed by atoms with Gasteiger partial charge in [0.2, 0.25) is 0 Å². The molecule has 0 aliphatic heterocycles. The zero-order chi connectivity index (χ0) is 23.2. The monoisotopic (exact) mass is 460 g/mol. The number of phenols is 1. The number of aromatic hydroxyl groups is 1. The van der Waals surface area contributed by atoms with Gasteiger partial charge in [0.25, 0.3) is 0 Å². The van der Waals surface area contributed by atoms with Crippen LogP contribution in [0.4, 0.5) is 4.39 Å². The number of aliphatic carboxylic acids is 1. The minimum Gasteiger partial charge on any atom is -0.508 e. The number of aryl methyl sites for hydroxylation is 1. The second kappa shape index (κ2) is 8.05. The maximum Gasteiger partial charge on any atom is 0.328 e. The van der Waals surface area contributed by atoms with Crippen LogP contribution in [0, 0.1) is 12.7 Å². The second-order valence-electron chi connectivity index (χ2n) is 8.32. The molecule has 1 fully saturated rings. The molecule has 6 heteroatoms. The number of carbonyl (C=O) groups is 1. The van der Waals surface area contributed by atoms with Crippen molar-refractivity contribution in [2.24, 2.45) is 0 Å². The van der Waals surface area contributed by atoms with E-state index in [4.69, 9.17) is 9.84 Å². The topological polar surface area (TPSA) is 66.8 Å². The van der Waals surface area contributed by atoms with Crippen molar-refractivity contribution in [3.05, 3.63) is 94.1 Å². The molecule has 4 nitrogen and oxygen atoms in total. The van der Waals surface area contributed by atoms with E-state index in [1.54, 1.807) is 53.8 Å². The summed E-state index contributed by atoms with van der Waals surface area (Å²) in [5.74, 6) is 0.313. The molecule has 3 aromatic carbocycles. The zero-order valence-corrected chi connectivity index (χ0v) is 18.7. The van der Waals surface area contributed by atoms with Crippen molar-refractivity contribution < 1.29 is 24.1 Å². The molecule has 33 heavy (non-hydrogen) atoms. The highest BCUT2D eigenvalue weighted by atomic mass is 32.1. The molecule has 0 amide bonds. The highest BCUT2D eigenvalue weighted by Gasteiger charge is 2.50. The van der Waals surface area contributed by atoms with Gasteiger partial charge in [0.15, 0.2) is 0 Å². The summed E-state index contributed by atoms with van der Waals surface area (Å²) in [5, 5.41) is 19.8. The zero-order valence-electron chi connectivity index (χ0n) is 17.8. The molecule has 1 heterocycles. The van der Waals surface area contributed by atoms with E-state index in [1.165, 1.54) is 12.1 Å². The lowest BCUT2D eigenvalue weighted by Gasteiger charge is -2.19. The Morgan fingerprint density at radius 1 is 1.09 bits per heavy atom. The molecule has 0 saturated heterocycles. The van der Waals surface area contributed by atoms with Crippen molar-refractivity contribution in [2.75, 3.05) is 0 Å². The summed E-state index contributed by atoms with van der Waals surface area (Å²) in [7, 11) is 0. The average molecular weight is 461 g/mol. The van der Waals surface area contributed by atoms with Gasteiger partial charge in [-0.15, -0.1) is 11.3 Å². The molecule has 166 valence electrons. The van der Waals surface area contributed by atoms with Gasteiger partial charge < -0.3 is 14.9 Å². The van der Waals surface area contributed by atoms with Crippen LogP contribution in [-0.2, 0) is 10.2 Å². The molecule has 4 aromatic rings. The van der Waals surface area contributed by atoms with Gasteiger partial charge in [-0.25, -0.2) is 9.18 Å². The Morgan fingerprint density at radius 2 is 1.85 bits per heavy atom. The van der Waals surface area contributed by atoms with Crippen LogP contribution >= 0.6 is 11.3 Å². The number of ether oxygens (including phenoxy) is 1. The molecule has 0 atom stereocenters. The molecule has 1 saturated carbocycles. The van der Waals surface area contributed by atoms with E-state index in [9.17, 15) is 14.3 Å². The van der Waals surface area contributed by atoms with E-state index in [1.807, 2.05) is 19.1 Å². The van der Waals surface area contributed by atoms with Crippen LogP contribution in [-0.4, -0.2) is 16.2 Å². The van der Waals surface area contributed by atoms with E-state index in [2.05, 4.69) is 0 Å². The number of halogens is 1. The Bertz CT molecular complexity index is 1400. The summed E-state index contributed by atoms with van der Waals surface area (Å²) < 4.78 is 21.1. The maximum atomic E-state index is 13.8. The fourth-order valence-corrected chi connectivity index (χ4v) is 5.74. The number of phenolic OH excluding ortho intramolecular Hbond substituents is 1. The van der Waals surface area contributed by atoms with Crippen LogP contribution in [0.3, 0.4) is 0 Å². The van der Waals surface area contributed by atoms with Crippen molar-refractivity contribution in [1.82, 2.24) is 0 Å². The summed E-state index contributed by atoms with van der Waals surface area (Å²) in [6, 6.07) is 17.4. The predicted octanol–water partition coefficient (Wildman–Crippen LogP) is 7.02. The van der Waals surface area contributed by atoms with Gasteiger partial charge in [0, 0.05) is 21.6 Å². The molecular formula is C27H21FO4S. The SMILES string of the molecule is Cc1cc(F)ccc1C1(c2sc3cc(O)ccc3c2Oc2ccc(/C=C/C(=O)O)cc2)CC1. The number of fused-ring (bicyclic) bond motifs is 1. The van der Waals surface area contributed by atoms with E-state index in [0.29, 0.717) is 5.75 Å². The molecule has 2 N–H and O–H groups in total. The Labute approximate surface area is 194 Å². The minimum absolute atomic E-state index is 0.194. The smallest absolute Gasteiger partial charge is 0.328 e. The predicted molar refractivity (Wildman–Crippen MR) is 128 cm³/mol. The number of carboxylic acids is 1. The highest BCUT2D eigenvalue weighted by molar-refractivity contribution is 7.19. The maximum absolute atomic E-state index is 13.8. The van der Waals surface area contributed by atoms with Gasteiger partial charge >= 0.3 is 5.97 Å². The molecular weight excluding hydrogens is 439 g/mol. The van der Waals surface area contributed by atoms with Gasteiger partial charge in [0.05, 0.1) is 4.88 Å². The largest absolute Gasteiger partial charge is 0.508 e. The Morgan fingerprint density at radius 3 is 2.52 bits per heavy atom. The van der Waals surface area contributed by atoms with Gasteiger partial charge in [-0.05, 0) is 85.0 Å². The van der Waals surface area contributed by atoms with Gasteiger partial charge in [-0.2, -0.15) is 0 Å². The molecule has 0 unspecified atom stereocenters. The summed E-state index contributed by atoms with van der Waals surface area (Å²) in [5.41, 5.74) is 2.52. The molecule has 1 aromatic heterocycles. The van der Waals surface area contributed by atoms with Gasteiger partial charge in [0.1, 0.15) is 23.1 Å². The fraction of sp³-hybridized carbons (Fsp3) is 0.148. The van der Waals surface area contributed by atoms with Crippen LogP contribution in [0.15, 0.2) is 66.7 Å². The van der Waals surface area contributed by atoms with Crippen LogP contribution in [0.2, 0.25) is 0 Å². The summed E-state index contributed by atoms with van der Waals surface area (Å²) in [4.78, 5) is 11.8. The number of hydrogen-bond donors (Lipinski definition) is 2. The molecule has 1 aliphatic rings. The van der Waals surface area contributed by atoms with E-state index in [-0.39, 0.29) is 17.0 Å². The highest BCUT2D eigenvalue weighted by Crippen LogP contribution is 2.61. The van der Waals surface area contributed by atoms with E-state index in [0.717, 1.165) is 56.3 Å². The number of benzene rings is 3. The normalized spacial score (nSPS) is 14.6. The third-order valence-electron chi connectivity index (χ3n) is 6.04. The molecule has 0 bridgehead atoms. The second-order valence-corrected chi connectivity index (χ2v) is 9.38. The van der Waals surface area contributed by atoms with Crippen LogP contribution in [0.5, 0.6) is 17.2 Å². The summed E-state index contributed by atoms with van der Waals surface area (Å²) in [6.07, 6.45) is 4.49. The Balaban J connectivity index is 1.59. The number of carboxylic acid groups (broad SMARTS) is 1.